The van der Waals surface area contributed by atoms with Crippen molar-refractivity contribution in [2.75, 3.05) is 0 Å². The van der Waals surface area contributed by atoms with Gasteiger partial charge in [0, 0.05) is 0 Å². The van der Waals surface area contributed by atoms with E-state index < -0.39 is 11.5 Å². The van der Waals surface area contributed by atoms with Crippen molar-refractivity contribution in [2.45, 2.75) is 45.1 Å². The van der Waals surface area contributed by atoms with Crippen LogP contribution in [-0.4, -0.2) is 26.1 Å². The number of carbonyl (C=O) groups is 1. The van der Waals surface area contributed by atoms with Gasteiger partial charge in [-0.25, -0.2) is 9.48 Å². The maximum absolute atomic E-state index is 11.1. The van der Waals surface area contributed by atoms with Gasteiger partial charge < -0.3 is 5.11 Å². The fourth-order valence-electron chi connectivity index (χ4n) is 1.90. The third-order valence-electron chi connectivity index (χ3n) is 2.97. The highest BCUT2D eigenvalue weighted by Crippen LogP contribution is 2.24. The average Bonchev–Trinajstić information content (AvgIpc) is 2.61. The van der Waals surface area contributed by atoms with Crippen molar-refractivity contribution in [2.24, 2.45) is 0 Å². The second-order valence-electron chi connectivity index (χ2n) is 4.47. The summed E-state index contributed by atoms with van der Waals surface area (Å²) in [4.78, 5) is 11.1. The molecule has 0 unspecified atom stereocenters. The van der Waals surface area contributed by atoms with Crippen molar-refractivity contribution in [3.8, 4) is 0 Å². The molecule has 0 amide bonds. The predicted octanol–water partition coefficient (Wildman–Crippen LogP) is 0.977. The second kappa shape index (κ2) is 3.32. The van der Waals surface area contributed by atoms with Crippen molar-refractivity contribution in [1.82, 2.24) is 15.0 Å². The molecule has 0 fully saturated rings. The van der Waals surface area contributed by atoms with E-state index in [0.717, 1.165) is 37.1 Å². The molecule has 82 valence electrons. The summed E-state index contributed by atoms with van der Waals surface area (Å²) in [6, 6.07) is 0. The van der Waals surface area contributed by atoms with Gasteiger partial charge in [-0.1, -0.05) is 5.21 Å². The number of hydrogen-bond donors (Lipinski definition) is 1. The van der Waals surface area contributed by atoms with E-state index in [9.17, 15) is 4.79 Å². The van der Waals surface area contributed by atoms with Gasteiger partial charge in [0.15, 0.2) is 5.54 Å². The Bertz CT molecular complexity index is 395. The Balaban J connectivity index is 2.45. The van der Waals surface area contributed by atoms with Crippen molar-refractivity contribution in [3.63, 3.8) is 0 Å². The molecule has 0 aliphatic heterocycles. The topological polar surface area (TPSA) is 68.0 Å². The van der Waals surface area contributed by atoms with Crippen molar-refractivity contribution >= 4 is 5.97 Å². The molecule has 1 aromatic rings. The normalized spacial score (nSPS) is 16.1. The summed E-state index contributed by atoms with van der Waals surface area (Å²) >= 11 is 0. The fourth-order valence-corrected chi connectivity index (χ4v) is 1.90. The van der Waals surface area contributed by atoms with E-state index in [-0.39, 0.29) is 0 Å². The number of hydrogen-bond acceptors (Lipinski definition) is 3. The fraction of sp³-hybridized carbons (Fsp3) is 0.700. The minimum atomic E-state index is -1.00. The molecule has 2 rings (SSSR count). The van der Waals surface area contributed by atoms with Crippen LogP contribution in [0.5, 0.6) is 0 Å². The Hall–Kier alpha value is -1.39. The number of carboxylic acid groups (broad SMARTS) is 1. The number of carboxylic acids is 1. The molecule has 0 bridgehead atoms. The van der Waals surface area contributed by atoms with Gasteiger partial charge in [0.25, 0.3) is 0 Å². The molecule has 1 heterocycles. The molecule has 0 aromatic carbocycles. The SMILES string of the molecule is CC(C)(C(=O)O)n1nnc2c1CCCC2. The van der Waals surface area contributed by atoms with E-state index in [4.69, 9.17) is 5.11 Å². The van der Waals surface area contributed by atoms with Crippen LogP contribution >= 0.6 is 0 Å². The van der Waals surface area contributed by atoms with Gasteiger partial charge in [-0.2, -0.15) is 0 Å². The summed E-state index contributed by atoms with van der Waals surface area (Å²) in [5.74, 6) is -0.874. The summed E-state index contributed by atoms with van der Waals surface area (Å²) in [5, 5.41) is 17.2. The first-order valence-electron chi connectivity index (χ1n) is 5.21. The molecule has 0 saturated heterocycles. The van der Waals surface area contributed by atoms with Crippen molar-refractivity contribution in [1.29, 1.82) is 0 Å². The van der Waals surface area contributed by atoms with Gasteiger partial charge in [0.1, 0.15) is 0 Å². The lowest BCUT2D eigenvalue weighted by Crippen LogP contribution is -2.38. The first-order chi connectivity index (χ1) is 7.03. The van der Waals surface area contributed by atoms with Crippen LogP contribution in [0.1, 0.15) is 38.1 Å². The van der Waals surface area contributed by atoms with Crippen LogP contribution in [0.25, 0.3) is 0 Å². The molecule has 5 heteroatoms. The zero-order valence-electron chi connectivity index (χ0n) is 9.03. The molecule has 1 aliphatic carbocycles. The van der Waals surface area contributed by atoms with E-state index >= 15 is 0 Å². The number of aliphatic carboxylic acids is 1. The van der Waals surface area contributed by atoms with Gasteiger partial charge in [-0.15, -0.1) is 5.10 Å². The van der Waals surface area contributed by atoms with E-state index in [1.807, 2.05) is 0 Å². The van der Waals surface area contributed by atoms with Crippen LogP contribution < -0.4 is 0 Å². The van der Waals surface area contributed by atoms with Crippen molar-refractivity contribution in [3.05, 3.63) is 11.4 Å². The monoisotopic (exact) mass is 209 g/mol. The molecule has 15 heavy (non-hydrogen) atoms. The van der Waals surface area contributed by atoms with Gasteiger partial charge in [-0.3, -0.25) is 0 Å². The molecular weight excluding hydrogens is 194 g/mol. The van der Waals surface area contributed by atoms with Crippen molar-refractivity contribution < 1.29 is 9.90 Å². The summed E-state index contributed by atoms with van der Waals surface area (Å²) in [6.07, 6.45) is 4.03. The van der Waals surface area contributed by atoms with Crippen LogP contribution in [0.15, 0.2) is 0 Å². The second-order valence-corrected chi connectivity index (χ2v) is 4.47. The highest BCUT2D eigenvalue weighted by molar-refractivity contribution is 5.75. The minimum Gasteiger partial charge on any atom is -0.479 e. The van der Waals surface area contributed by atoms with Gasteiger partial charge in [-0.05, 0) is 39.5 Å². The number of rotatable bonds is 2. The Kier molecular flexibility index (Phi) is 2.25. The first-order valence-corrected chi connectivity index (χ1v) is 5.21. The van der Waals surface area contributed by atoms with Crippen LogP contribution in [-0.2, 0) is 23.2 Å². The number of aryl methyl sites for hydroxylation is 1. The standard InChI is InChI=1S/C10H15N3O2/c1-10(2,9(14)15)13-8-6-4-3-5-7(8)11-12-13/h3-6H2,1-2H3,(H,14,15). The molecule has 0 spiro atoms. The average molecular weight is 209 g/mol. The van der Waals surface area contributed by atoms with E-state index in [0.29, 0.717) is 0 Å². The van der Waals surface area contributed by atoms with Gasteiger partial charge >= 0.3 is 5.97 Å². The number of nitrogens with zero attached hydrogens (tertiary/aromatic N) is 3. The van der Waals surface area contributed by atoms with Crippen LogP contribution in [0.4, 0.5) is 0 Å². The molecule has 0 atom stereocenters. The lowest BCUT2D eigenvalue weighted by molar-refractivity contribution is -0.146. The maximum atomic E-state index is 11.1. The first kappa shape index (κ1) is 10.1. The van der Waals surface area contributed by atoms with Crippen LogP contribution in [0.3, 0.4) is 0 Å². The largest absolute Gasteiger partial charge is 0.479 e. The Labute approximate surface area is 88.1 Å². The summed E-state index contributed by atoms with van der Waals surface area (Å²) in [6.45, 7) is 3.30. The highest BCUT2D eigenvalue weighted by atomic mass is 16.4. The van der Waals surface area contributed by atoms with E-state index in [1.165, 1.54) is 0 Å². The van der Waals surface area contributed by atoms with E-state index in [1.54, 1.807) is 18.5 Å². The minimum absolute atomic E-state index is 0.874. The molecule has 0 radical (unpaired) electrons. The molecule has 1 aromatic heterocycles. The zero-order valence-corrected chi connectivity index (χ0v) is 9.03. The molecule has 5 nitrogen and oxygen atoms in total. The summed E-state index contributed by atoms with van der Waals surface area (Å²) in [7, 11) is 0. The molecule has 0 saturated carbocycles. The zero-order chi connectivity index (χ0) is 11.1. The predicted molar refractivity (Wildman–Crippen MR) is 53.6 cm³/mol. The summed E-state index contributed by atoms with van der Waals surface area (Å²) < 4.78 is 1.56. The molecule has 1 N–H and O–H groups in total. The third kappa shape index (κ3) is 1.52. The Morgan fingerprint density at radius 3 is 2.73 bits per heavy atom. The quantitative estimate of drug-likeness (QED) is 0.788. The molecule has 1 aliphatic rings. The van der Waals surface area contributed by atoms with Gasteiger partial charge in [0.2, 0.25) is 0 Å². The Morgan fingerprint density at radius 2 is 2.07 bits per heavy atom. The third-order valence-corrected chi connectivity index (χ3v) is 2.97. The lowest BCUT2D eigenvalue weighted by atomic mass is 9.98. The smallest absolute Gasteiger partial charge is 0.331 e. The van der Waals surface area contributed by atoms with Gasteiger partial charge in [0.05, 0.1) is 11.4 Å². The molecular formula is C10H15N3O2. The Morgan fingerprint density at radius 1 is 1.40 bits per heavy atom. The lowest BCUT2D eigenvalue weighted by Gasteiger charge is -2.23. The summed E-state index contributed by atoms with van der Waals surface area (Å²) in [5.41, 5.74) is 0.960. The number of fused-ring (bicyclic) bond motifs is 1. The highest BCUT2D eigenvalue weighted by Gasteiger charge is 2.34. The van der Waals surface area contributed by atoms with Crippen LogP contribution in [0.2, 0.25) is 0 Å². The van der Waals surface area contributed by atoms with Crippen LogP contribution in [0, 0.1) is 0 Å². The number of aromatic nitrogens is 3. The van der Waals surface area contributed by atoms with E-state index in [2.05, 4.69) is 10.3 Å². The maximum Gasteiger partial charge on any atom is 0.331 e.